The molecule has 1 heterocycles. The van der Waals surface area contributed by atoms with Crippen LogP contribution in [-0.4, -0.2) is 21.3 Å². The number of nitrogens with one attached hydrogen (secondary N) is 1. The second-order valence-corrected chi connectivity index (χ2v) is 6.18. The molecule has 0 aliphatic heterocycles. The Morgan fingerprint density at radius 2 is 1.78 bits per heavy atom. The Hall–Kier alpha value is -1.16. The van der Waals surface area contributed by atoms with Crippen LogP contribution in [0.5, 0.6) is 5.88 Å². The molecule has 4 heteroatoms. The molecule has 0 aliphatic rings. The molecule has 1 rings (SSSR count). The Kier molecular flexibility index (Phi) is 4.68. The number of hydrogen-bond donors (Lipinski definition) is 1. The summed E-state index contributed by atoms with van der Waals surface area (Å²) in [6.07, 6.45) is 0.933. The molecule has 0 amide bonds. The standard InChI is InChI=1S/C14H25N3O/c1-7-14(5,6)18-12-9-8-11(16-17-12)10-15-13(2,3)4/h8-9,15H,7,10H2,1-6H3. The Bertz CT molecular complexity index is 366. The smallest absolute Gasteiger partial charge is 0.233 e. The Balaban J connectivity index is 2.58. The molecule has 0 saturated carbocycles. The van der Waals surface area contributed by atoms with Crippen molar-refractivity contribution in [3.8, 4) is 5.88 Å². The van der Waals surface area contributed by atoms with E-state index in [4.69, 9.17) is 4.74 Å². The Morgan fingerprint density at radius 3 is 2.22 bits per heavy atom. The van der Waals surface area contributed by atoms with Crippen LogP contribution in [0.4, 0.5) is 0 Å². The van der Waals surface area contributed by atoms with E-state index in [-0.39, 0.29) is 11.1 Å². The molecule has 1 aromatic heterocycles. The summed E-state index contributed by atoms with van der Waals surface area (Å²) < 4.78 is 5.76. The van der Waals surface area contributed by atoms with Gasteiger partial charge in [-0.3, -0.25) is 0 Å². The van der Waals surface area contributed by atoms with Gasteiger partial charge in [0.2, 0.25) is 5.88 Å². The van der Waals surface area contributed by atoms with Gasteiger partial charge in [0.05, 0.1) is 5.69 Å². The zero-order valence-electron chi connectivity index (χ0n) is 12.4. The van der Waals surface area contributed by atoms with E-state index in [1.807, 2.05) is 26.0 Å². The molecule has 0 spiro atoms. The normalized spacial score (nSPS) is 12.6. The van der Waals surface area contributed by atoms with Crippen LogP contribution in [0.15, 0.2) is 12.1 Å². The summed E-state index contributed by atoms with van der Waals surface area (Å²) in [7, 11) is 0. The first-order chi connectivity index (χ1) is 8.22. The SMILES string of the molecule is CCC(C)(C)Oc1ccc(CNC(C)(C)C)nn1. The van der Waals surface area contributed by atoms with Gasteiger partial charge in [0.1, 0.15) is 5.60 Å². The molecular formula is C14H25N3O. The number of hydrogen-bond acceptors (Lipinski definition) is 4. The van der Waals surface area contributed by atoms with E-state index in [0.29, 0.717) is 12.4 Å². The molecule has 18 heavy (non-hydrogen) atoms. The number of ether oxygens (including phenoxy) is 1. The van der Waals surface area contributed by atoms with Gasteiger partial charge in [0.25, 0.3) is 0 Å². The Morgan fingerprint density at radius 1 is 1.11 bits per heavy atom. The van der Waals surface area contributed by atoms with Gasteiger partial charge in [-0.05, 0) is 47.1 Å². The summed E-state index contributed by atoms with van der Waals surface area (Å²) in [6, 6.07) is 3.83. The molecule has 1 N–H and O–H groups in total. The fourth-order valence-corrected chi connectivity index (χ4v) is 1.21. The average molecular weight is 251 g/mol. The predicted octanol–water partition coefficient (Wildman–Crippen LogP) is 2.93. The van der Waals surface area contributed by atoms with Gasteiger partial charge in [-0.25, -0.2) is 0 Å². The summed E-state index contributed by atoms with van der Waals surface area (Å²) in [4.78, 5) is 0. The van der Waals surface area contributed by atoms with Crippen LogP contribution in [0.2, 0.25) is 0 Å². The second-order valence-electron chi connectivity index (χ2n) is 6.18. The molecule has 0 aromatic carbocycles. The first kappa shape index (κ1) is 14.9. The molecule has 0 atom stereocenters. The van der Waals surface area contributed by atoms with Gasteiger partial charge < -0.3 is 10.1 Å². The van der Waals surface area contributed by atoms with E-state index < -0.39 is 0 Å². The summed E-state index contributed by atoms with van der Waals surface area (Å²) in [5.41, 5.74) is 0.813. The molecule has 1 aromatic rings. The minimum atomic E-state index is -0.195. The van der Waals surface area contributed by atoms with Crippen molar-refractivity contribution in [3.63, 3.8) is 0 Å². The minimum absolute atomic E-state index is 0.0844. The van der Waals surface area contributed by atoms with Gasteiger partial charge in [-0.2, -0.15) is 5.10 Å². The van der Waals surface area contributed by atoms with Crippen LogP contribution in [0.25, 0.3) is 0 Å². The van der Waals surface area contributed by atoms with Crippen LogP contribution in [0.3, 0.4) is 0 Å². The third kappa shape index (κ3) is 5.45. The van der Waals surface area contributed by atoms with Gasteiger partial charge in [-0.15, -0.1) is 5.10 Å². The topological polar surface area (TPSA) is 47.0 Å². The number of rotatable bonds is 5. The lowest BCUT2D eigenvalue weighted by Gasteiger charge is -2.23. The molecule has 0 fully saturated rings. The van der Waals surface area contributed by atoms with Crippen LogP contribution >= 0.6 is 0 Å². The monoisotopic (exact) mass is 251 g/mol. The highest BCUT2D eigenvalue weighted by Crippen LogP contribution is 2.17. The zero-order chi connectivity index (χ0) is 13.8. The lowest BCUT2D eigenvalue weighted by molar-refractivity contribution is 0.0975. The third-order valence-electron chi connectivity index (χ3n) is 2.73. The van der Waals surface area contributed by atoms with Crippen LogP contribution < -0.4 is 10.1 Å². The van der Waals surface area contributed by atoms with Crippen molar-refractivity contribution < 1.29 is 4.74 Å². The maximum atomic E-state index is 5.76. The molecule has 0 radical (unpaired) electrons. The van der Waals surface area contributed by atoms with Crippen molar-refractivity contribution in [2.45, 2.75) is 65.6 Å². The van der Waals surface area contributed by atoms with E-state index >= 15 is 0 Å². The summed E-state index contributed by atoms with van der Waals surface area (Å²) in [5.74, 6) is 0.585. The summed E-state index contributed by atoms with van der Waals surface area (Å²) in [5, 5.41) is 11.6. The fraction of sp³-hybridized carbons (Fsp3) is 0.714. The lowest BCUT2D eigenvalue weighted by atomic mass is 10.1. The van der Waals surface area contributed by atoms with Crippen molar-refractivity contribution in [2.75, 3.05) is 0 Å². The van der Waals surface area contributed by atoms with E-state index in [2.05, 4.69) is 43.2 Å². The van der Waals surface area contributed by atoms with E-state index in [1.165, 1.54) is 0 Å². The summed E-state index contributed by atoms with van der Waals surface area (Å²) >= 11 is 0. The molecule has 0 bridgehead atoms. The molecule has 102 valence electrons. The Labute approximate surface area is 110 Å². The first-order valence-electron chi connectivity index (χ1n) is 6.48. The van der Waals surface area contributed by atoms with Crippen molar-refractivity contribution in [2.24, 2.45) is 0 Å². The highest BCUT2D eigenvalue weighted by atomic mass is 16.5. The lowest BCUT2D eigenvalue weighted by Crippen LogP contribution is -2.35. The average Bonchev–Trinajstić information content (AvgIpc) is 2.27. The summed E-state index contributed by atoms with van der Waals surface area (Å²) in [6.45, 7) is 13.3. The maximum absolute atomic E-state index is 5.76. The second kappa shape index (κ2) is 5.65. The highest BCUT2D eigenvalue weighted by molar-refractivity contribution is 5.12. The van der Waals surface area contributed by atoms with Gasteiger partial charge in [0.15, 0.2) is 0 Å². The van der Waals surface area contributed by atoms with E-state index in [0.717, 1.165) is 12.1 Å². The van der Waals surface area contributed by atoms with Crippen LogP contribution in [-0.2, 0) is 6.54 Å². The molecule has 0 unspecified atom stereocenters. The quantitative estimate of drug-likeness (QED) is 0.874. The van der Waals surface area contributed by atoms with E-state index in [9.17, 15) is 0 Å². The van der Waals surface area contributed by atoms with Crippen molar-refractivity contribution in [1.82, 2.24) is 15.5 Å². The molecule has 4 nitrogen and oxygen atoms in total. The van der Waals surface area contributed by atoms with Crippen LogP contribution in [0, 0.1) is 0 Å². The molecule has 0 aliphatic carbocycles. The van der Waals surface area contributed by atoms with E-state index in [1.54, 1.807) is 0 Å². The van der Waals surface area contributed by atoms with Crippen LogP contribution in [0.1, 0.15) is 53.7 Å². The number of aromatic nitrogens is 2. The largest absolute Gasteiger partial charge is 0.471 e. The first-order valence-corrected chi connectivity index (χ1v) is 6.48. The van der Waals surface area contributed by atoms with Gasteiger partial charge >= 0.3 is 0 Å². The fourth-order valence-electron chi connectivity index (χ4n) is 1.21. The number of nitrogens with zero attached hydrogens (tertiary/aromatic N) is 2. The van der Waals surface area contributed by atoms with Gasteiger partial charge in [-0.1, -0.05) is 6.92 Å². The third-order valence-corrected chi connectivity index (χ3v) is 2.73. The van der Waals surface area contributed by atoms with Gasteiger partial charge in [0, 0.05) is 18.2 Å². The van der Waals surface area contributed by atoms with Crippen molar-refractivity contribution in [1.29, 1.82) is 0 Å². The van der Waals surface area contributed by atoms with Crippen molar-refractivity contribution in [3.05, 3.63) is 17.8 Å². The maximum Gasteiger partial charge on any atom is 0.233 e. The highest BCUT2D eigenvalue weighted by Gasteiger charge is 2.17. The predicted molar refractivity (Wildman–Crippen MR) is 73.6 cm³/mol. The zero-order valence-corrected chi connectivity index (χ0v) is 12.4. The molecular weight excluding hydrogens is 226 g/mol. The van der Waals surface area contributed by atoms with Crippen molar-refractivity contribution >= 4 is 0 Å². The minimum Gasteiger partial charge on any atom is -0.471 e. The molecule has 0 saturated heterocycles.